The number of anilines is 1. The van der Waals surface area contributed by atoms with Gasteiger partial charge in [0.05, 0.1) is 19.0 Å². The van der Waals surface area contributed by atoms with E-state index in [1.54, 1.807) is 13.1 Å². The summed E-state index contributed by atoms with van der Waals surface area (Å²) in [6.07, 6.45) is 0.365. The number of ether oxygens (including phenoxy) is 1. The summed E-state index contributed by atoms with van der Waals surface area (Å²) in [5.74, 6) is 0.247. The van der Waals surface area contributed by atoms with Crippen molar-refractivity contribution in [2.45, 2.75) is 20.0 Å². The second kappa shape index (κ2) is 9.23. The number of likely N-dealkylation sites (N-methyl/N-ethyl adjacent to an activating group) is 1. The molecule has 0 aliphatic carbocycles. The molecular weight excluding hydrogens is 330 g/mol. The maximum atomic E-state index is 12.1. The first-order chi connectivity index (χ1) is 12.5. The number of hydrogen-bond acceptors (Lipinski definition) is 4. The number of hydrogen-bond donors (Lipinski definition) is 1. The third-order valence-corrected chi connectivity index (χ3v) is 3.81. The third kappa shape index (κ3) is 5.64. The molecule has 0 atom stereocenters. The van der Waals surface area contributed by atoms with Crippen LogP contribution in [0.4, 0.5) is 5.69 Å². The van der Waals surface area contributed by atoms with Gasteiger partial charge < -0.3 is 15.0 Å². The lowest BCUT2D eigenvalue weighted by atomic mass is 10.1. The minimum absolute atomic E-state index is 0.00905. The van der Waals surface area contributed by atoms with E-state index in [1.165, 1.54) is 11.8 Å². The lowest BCUT2D eigenvalue weighted by Crippen LogP contribution is -2.33. The van der Waals surface area contributed by atoms with Crippen molar-refractivity contribution in [3.8, 4) is 11.8 Å². The van der Waals surface area contributed by atoms with E-state index >= 15 is 0 Å². The number of carbonyl (C=O) groups excluding carboxylic acids is 2. The molecule has 6 nitrogen and oxygen atoms in total. The SMILES string of the molecule is CC(=O)N(C)CC(=O)Nc1ccccc1COc1ccc(CC#N)cc1. The van der Waals surface area contributed by atoms with E-state index in [4.69, 9.17) is 10.00 Å². The van der Waals surface area contributed by atoms with Gasteiger partial charge in [-0.15, -0.1) is 0 Å². The fourth-order valence-corrected chi connectivity index (χ4v) is 2.24. The molecule has 134 valence electrons. The molecule has 2 aromatic carbocycles. The highest BCUT2D eigenvalue weighted by Gasteiger charge is 2.11. The summed E-state index contributed by atoms with van der Waals surface area (Å²) in [6, 6.07) is 16.8. The number of benzene rings is 2. The van der Waals surface area contributed by atoms with Crippen molar-refractivity contribution in [2.24, 2.45) is 0 Å². The van der Waals surface area contributed by atoms with Crippen molar-refractivity contribution in [3.63, 3.8) is 0 Å². The molecule has 0 aliphatic heterocycles. The Kier molecular flexibility index (Phi) is 6.75. The van der Waals surface area contributed by atoms with Crippen LogP contribution >= 0.6 is 0 Å². The molecule has 0 saturated heterocycles. The van der Waals surface area contributed by atoms with E-state index in [-0.39, 0.29) is 25.0 Å². The van der Waals surface area contributed by atoms with E-state index in [0.29, 0.717) is 17.9 Å². The lowest BCUT2D eigenvalue weighted by molar-refractivity contribution is -0.131. The highest BCUT2D eigenvalue weighted by atomic mass is 16.5. The highest BCUT2D eigenvalue weighted by Crippen LogP contribution is 2.19. The van der Waals surface area contributed by atoms with Gasteiger partial charge in [-0.25, -0.2) is 0 Å². The average molecular weight is 351 g/mol. The molecule has 6 heteroatoms. The first-order valence-electron chi connectivity index (χ1n) is 8.17. The largest absolute Gasteiger partial charge is 0.489 e. The summed E-state index contributed by atoms with van der Waals surface area (Å²) in [4.78, 5) is 24.7. The van der Waals surface area contributed by atoms with E-state index in [0.717, 1.165) is 11.1 Å². The summed E-state index contributed by atoms with van der Waals surface area (Å²) in [5, 5.41) is 11.5. The van der Waals surface area contributed by atoms with Crippen LogP contribution in [-0.4, -0.2) is 30.3 Å². The minimum Gasteiger partial charge on any atom is -0.489 e. The Labute approximate surface area is 153 Å². The Morgan fingerprint density at radius 2 is 1.85 bits per heavy atom. The number of nitrogens with zero attached hydrogens (tertiary/aromatic N) is 2. The number of rotatable bonds is 7. The lowest BCUT2D eigenvalue weighted by Gasteiger charge is -2.16. The Hall–Kier alpha value is -3.33. The van der Waals surface area contributed by atoms with Gasteiger partial charge in [0.1, 0.15) is 12.4 Å². The van der Waals surface area contributed by atoms with Crippen LogP contribution in [0.1, 0.15) is 18.1 Å². The Morgan fingerprint density at radius 1 is 1.15 bits per heavy atom. The molecule has 0 aromatic heterocycles. The monoisotopic (exact) mass is 351 g/mol. The predicted octanol–water partition coefficient (Wildman–Crippen LogP) is 2.75. The van der Waals surface area contributed by atoms with E-state index in [9.17, 15) is 9.59 Å². The number of carbonyl (C=O) groups is 2. The van der Waals surface area contributed by atoms with Crippen molar-refractivity contribution in [3.05, 3.63) is 59.7 Å². The Balaban J connectivity index is 1.99. The quantitative estimate of drug-likeness (QED) is 0.831. The Bertz CT molecular complexity index is 810. The second-order valence-electron chi connectivity index (χ2n) is 5.85. The third-order valence-electron chi connectivity index (χ3n) is 3.81. The number of nitrogens with one attached hydrogen (secondary N) is 1. The van der Waals surface area contributed by atoms with Crippen LogP contribution in [0.25, 0.3) is 0 Å². The van der Waals surface area contributed by atoms with Crippen LogP contribution in [0.2, 0.25) is 0 Å². The van der Waals surface area contributed by atoms with Crippen LogP contribution in [0.3, 0.4) is 0 Å². The molecule has 0 fully saturated rings. The van der Waals surface area contributed by atoms with Gasteiger partial charge >= 0.3 is 0 Å². The normalized spacial score (nSPS) is 9.88. The minimum atomic E-state index is -0.268. The summed E-state index contributed by atoms with van der Waals surface area (Å²) in [6.45, 7) is 1.69. The second-order valence-corrected chi connectivity index (χ2v) is 5.85. The highest BCUT2D eigenvalue weighted by molar-refractivity contribution is 5.94. The average Bonchev–Trinajstić information content (AvgIpc) is 2.62. The van der Waals surface area contributed by atoms with Gasteiger partial charge in [0, 0.05) is 25.2 Å². The van der Waals surface area contributed by atoms with Crippen LogP contribution in [0.5, 0.6) is 5.75 Å². The van der Waals surface area contributed by atoms with Gasteiger partial charge in [-0.05, 0) is 23.8 Å². The topological polar surface area (TPSA) is 82.4 Å². The maximum Gasteiger partial charge on any atom is 0.243 e. The van der Waals surface area contributed by atoms with Gasteiger partial charge in [0.25, 0.3) is 0 Å². The van der Waals surface area contributed by atoms with Crippen molar-refractivity contribution < 1.29 is 14.3 Å². The van der Waals surface area contributed by atoms with Gasteiger partial charge in [-0.2, -0.15) is 5.26 Å². The fourth-order valence-electron chi connectivity index (χ4n) is 2.24. The molecule has 2 aromatic rings. The van der Waals surface area contributed by atoms with E-state index < -0.39 is 0 Å². The molecule has 0 spiro atoms. The standard InChI is InChI=1S/C20H21N3O3/c1-15(24)23(2)13-20(25)22-19-6-4-3-5-17(19)14-26-18-9-7-16(8-10-18)11-12-21/h3-10H,11,13-14H2,1-2H3,(H,22,25). The van der Waals surface area contributed by atoms with Crippen molar-refractivity contribution in [2.75, 3.05) is 18.9 Å². The molecule has 0 saturated carbocycles. The molecule has 0 bridgehead atoms. The van der Waals surface area contributed by atoms with E-state index in [1.807, 2.05) is 42.5 Å². The van der Waals surface area contributed by atoms with Gasteiger partial charge in [-0.3, -0.25) is 9.59 Å². The van der Waals surface area contributed by atoms with Crippen molar-refractivity contribution >= 4 is 17.5 Å². The molecular formula is C20H21N3O3. The van der Waals surface area contributed by atoms with Crippen LogP contribution in [-0.2, 0) is 22.6 Å². The zero-order chi connectivity index (χ0) is 18.9. The number of nitriles is 1. The van der Waals surface area contributed by atoms with E-state index in [2.05, 4.69) is 11.4 Å². The zero-order valence-corrected chi connectivity index (χ0v) is 14.9. The van der Waals surface area contributed by atoms with Crippen LogP contribution < -0.4 is 10.1 Å². The molecule has 2 rings (SSSR count). The molecule has 0 unspecified atom stereocenters. The Morgan fingerprint density at radius 3 is 2.50 bits per heavy atom. The van der Waals surface area contributed by atoms with Gasteiger partial charge in [0.15, 0.2) is 0 Å². The first kappa shape index (κ1) is 19.0. The summed E-state index contributed by atoms with van der Waals surface area (Å²) in [5.41, 5.74) is 2.41. The summed E-state index contributed by atoms with van der Waals surface area (Å²) in [7, 11) is 1.58. The zero-order valence-electron chi connectivity index (χ0n) is 14.9. The fraction of sp³-hybridized carbons (Fsp3) is 0.250. The molecule has 0 heterocycles. The van der Waals surface area contributed by atoms with Crippen LogP contribution in [0.15, 0.2) is 48.5 Å². The molecule has 0 aliphatic rings. The summed E-state index contributed by atoms with van der Waals surface area (Å²) < 4.78 is 5.77. The molecule has 0 radical (unpaired) electrons. The molecule has 1 N–H and O–H groups in total. The van der Waals surface area contributed by atoms with Crippen LogP contribution in [0, 0.1) is 11.3 Å². The van der Waals surface area contributed by atoms with Crippen molar-refractivity contribution in [1.29, 1.82) is 5.26 Å². The smallest absolute Gasteiger partial charge is 0.243 e. The number of para-hydroxylation sites is 1. The summed E-state index contributed by atoms with van der Waals surface area (Å²) >= 11 is 0. The maximum absolute atomic E-state index is 12.1. The molecule has 2 amide bonds. The van der Waals surface area contributed by atoms with Gasteiger partial charge in [-0.1, -0.05) is 30.3 Å². The predicted molar refractivity (Wildman–Crippen MR) is 98.5 cm³/mol. The number of amides is 2. The van der Waals surface area contributed by atoms with Gasteiger partial charge in [0.2, 0.25) is 11.8 Å². The van der Waals surface area contributed by atoms with Crippen molar-refractivity contribution in [1.82, 2.24) is 4.90 Å². The molecule has 26 heavy (non-hydrogen) atoms. The first-order valence-corrected chi connectivity index (χ1v) is 8.17.